The molecule has 0 aromatic rings. The van der Waals surface area contributed by atoms with Gasteiger partial charge in [-0.15, -0.1) is 0 Å². The number of rotatable bonds is 14. The number of hydrogen-bond donors (Lipinski definition) is 0. The normalized spacial score (nSPS) is 23.2. The Morgan fingerprint density at radius 2 is 1.54 bits per heavy atom. The van der Waals surface area contributed by atoms with Crippen molar-refractivity contribution in [3.05, 3.63) is 0 Å². The Morgan fingerprint density at radius 3 is 2.15 bits per heavy atom. The molecule has 1 unspecified atom stereocenters. The van der Waals surface area contributed by atoms with E-state index in [1.165, 1.54) is 51.4 Å². The molecule has 154 valence electrons. The number of esters is 1. The Hall–Kier alpha value is -0.650. The van der Waals surface area contributed by atoms with Crippen LogP contribution in [0.4, 0.5) is 0 Å². The summed E-state index contributed by atoms with van der Waals surface area (Å²) in [5.74, 6) is -0.181. The number of morpholine rings is 1. The molecule has 0 radical (unpaired) electrons. The summed E-state index contributed by atoms with van der Waals surface area (Å²) in [7, 11) is 1.95. The molecule has 0 amide bonds. The predicted octanol–water partition coefficient (Wildman–Crippen LogP) is 4.53. The molecule has 0 N–H and O–H groups in total. The summed E-state index contributed by atoms with van der Waals surface area (Å²) < 4.78 is 16.6. The van der Waals surface area contributed by atoms with Crippen LogP contribution in [0.15, 0.2) is 0 Å². The van der Waals surface area contributed by atoms with Gasteiger partial charge in [0.05, 0.1) is 12.1 Å². The van der Waals surface area contributed by atoms with E-state index in [9.17, 15) is 4.79 Å². The van der Waals surface area contributed by atoms with Gasteiger partial charge >= 0.3 is 5.97 Å². The zero-order valence-corrected chi connectivity index (χ0v) is 17.8. The van der Waals surface area contributed by atoms with Crippen molar-refractivity contribution in [1.82, 2.24) is 4.90 Å². The maximum atomic E-state index is 11.9. The molecule has 0 bridgehead atoms. The first-order valence-corrected chi connectivity index (χ1v) is 10.4. The summed E-state index contributed by atoms with van der Waals surface area (Å²) in [5, 5.41) is 0. The Bertz CT molecular complexity index is 399. The lowest BCUT2D eigenvalue weighted by Crippen LogP contribution is -2.67. The predicted molar refractivity (Wildman–Crippen MR) is 105 cm³/mol. The van der Waals surface area contributed by atoms with Crippen molar-refractivity contribution in [2.24, 2.45) is 0 Å². The summed E-state index contributed by atoms with van der Waals surface area (Å²) >= 11 is 0. The van der Waals surface area contributed by atoms with Crippen molar-refractivity contribution in [2.45, 2.75) is 96.6 Å². The molecule has 0 aromatic heterocycles. The number of cyclic esters (lactones) is 1. The van der Waals surface area contributed by atoms with Gasteiger partial charge in [0, 0.05) is 6.61 Å². The highest BCUT2D eigenvalue weighted by atomic mass is 16.7. The number of carbonyl (C=O) groups excluding carboxylic acids is 1. The third kappa shape index (κ3) is 7.53. The van der Waals surface area contributed by atoms with Gasteiger partial charge in [-0.25, -0.2) is 0 Å². The lowest BCUT2D eigenvalue weighted by Gasteiger charge is -2.49. The first kappa shape index (κ1) is 23.4. The zero-order valence-electron chi connectivity index (χ0n) is 17.8. The molecule has 0 aliphatic carbocycles. The smallest absolute Gasteiger partial charge is 0.326 e. The topological polar surface area (TPSA) is 48.0 Å². The van der Waals surface area contributed by atoms with Crippen molar-refractivity contribution < 1.29 is 19.0 Å². The van der Waals surface area contributed by atoms with Gasteiger partial charge < -0.3 is 14.2 Å². The Balaban J connectivity index is 2.01. The molecule has 5 nitrogen and oxygen atoms in total. The molecule has 1 aliphatic rings. The van der Waals surface area contributed by atoms with Crippen LogP contribution < -0.4 is 0 Å². The van der Waals surface area contributed by atoms with Crippen molar-refractivity contribution in [3.63, 3.8) is 0 Å². The molecule has 1 aliphatic heterocycles. The Morgan fingerprint density at radius 1 is 0.962 bits per heavy atom. The molecule has 1 atom stereocenters. The SMILES string of the molecule is CCCCCCCCCCCOCOCC1(C)COC(=O)C(C)(C)N1C. The van der Waals surface area contributed by atoms with Gasteiger partial charge in [0.2, 0.25) is 0 Å². The summed E-state index contributed by atoms with van der Waals surface area (Å²) in [4.78, 5) is 13.9. The van der Waals surface area contributed by atoms with Crippen molar-refractivity contribution >= 4 is 5.97 Å². The second-order valence-electron chi connectivity index (χ2n) is 8.39. The van der Waals surface area contributed by atoms with Crippen molar-refractivity contribution in [2.75, 3.05) is 33.7 Å². The average molecular weight is 372 g/mol. The van der Waals surface area contributed by atoms with E-state index in [1.54, 1.807) is 0 Å². The monoisotopic (exact) mass is 371 g/mol. The molecular weight excluding hydrogens is 330 g/mol. The molecule has 0 saturated carbocycles. The molecule has 1 fully saturated rings. The average Bonchev–Trinajstić information content (AvgIpc) is 2.61. The third-order valence-electron chi connectivity index (χ3n) is 5.63. The maximum Gasteiger partial charge on any atom is 0.326 e. The number of unbranched alkanes of at least 4 members (excludes halogenated alkanes) is 8. The van der Waals surface area contributed by atoms with E-state index in [1.807, 2.05) is 25.8 Å². The lowest BCUT2D eigenvalue weighted by molar-refractivity contribution is -0.189. The molecule has 5 heteroatoms. The minimum atomic E-state index is -0.631. The molecule has 26 heavy (non-hydrogen) atoms. The highest BCUT2D eigenvalue weighted by Crippen LogP contribution is 2.30. The van der Waals surface area contributed by atoms with Gasteiger partial charge in [0.15, 0.2) is 0 Å². The van der Waals surface area contributed by atoms with Crippen molar-refractivity contribution in [3.8, 4) is 0 Å². The Kier molecular flexibility index (Phi) is 10.7. The minimum absolute atomic E-state index is 0.181. The molecule has 1 heterocycles. The van der Waals surface area contributed by atoms with Crippen LogP contribution >= 0.6 is 0 Å². The fourth-order valence-electron chi connectivity index (χ4n) is 3.34. The molecule has 1 rings (SSSR count). The largest absolute Gasteiger partial charge is 0.462 e. The number of hydrogen-bond acceptors (Lipinski definition) is 5. The maximum absolute atomic E-state index is 11.9. The van der Waals surface area contributed by atoms with Gasteiger partial charge in [-0.1, -0.05) is 58.3 Å². The van der Waals surface area contributed by atoms with E-state index >= 15 is 0 Å². The van der Waals surface area contributed by atoms with E-state index < -0.39 is 5.54 Å². The molecule has 1 saturated heterocycles. The van der Waals surface area contributed by atoms with Gasteiger partial charge in [-0.3, -0.25) is 9.69 Å². The highest BCUT2D eigenvalue weighted by molar-refractivity contribution is 5.80. The van der Waals surface area contributed by atoms with Crippen LogP contribution in [0.2, 0.25) is 0 Å². The van der Waals surface area contributed by atoms with E-state index in [0.29, 0.717) is 20.0 Å². The minimum Gasteiger partial charge on any atom is -0.462 e. The van der Waals surface area contributed by atoms with Gasteiger partial charge in [0.1, 0.15) is 18.9 Å². The first-order valence-electron chi connectivity index (χ1n) is 10.4. The third-order valence-corrected chi connectivity index (χ3v) is 5.63. The van der Waals surface area contributed by atoms with E-state index in [0.717, 1.165) is 13.0 Å². The van der Waals surface area contributed by atoms with Gasteiger partial charge in [-0.05, 0) is 34.2 Å². The molecule has 0 spiro atoms. The fourth-order valence-corrected chi connectivity index (χ4v) is 3.34. The quantitative estimate of drug-likeness (QED) is 0.255. The summed E-state index contributed by atoms with van der Waals surface area (Å²) in [6, 6.07) is 0. The van der Waals surface area contributed by atoms with Crippen molar-refractivity contribution in [1.29, 1.82) is 0 Å². The number of likely N-dealkylation sites (N-methyl/N-ethyl adjacent to an activating group) is 1. The van der Waals surface area contributed by atoms with E-state index in [4.69, 9.17) is 14.2 Å². The van der Waals surface area contributed by atoms with E-state index in [-0.39, 0.29) is 11.5 Å². The fraction of sp³-hybridized carbons (Fsp3) is 0.952. The number of carbonyl (C=O) groups is 1. The van der Waals surface area contributed by atoms with Crippen LogP contribution in [0.25, 0.3) is 0 Å². The Labute approximate surface area is 160 Å². The summed E-state index contributed by atoms with van der Waals surface area (Å²) in [5.41, 5.74) is -0.952. The van der Waals surface area contributed by atoms with E-state index in [2.05, 4.69) is 13.8 Å². The van der Waals surface area contributed by atoms with Gasteiger partial charge in [-0.2, -0.15) is 0 Å². The number of nitrogens with zero attached hydrogens (tertiary/aromatic N) is 1. The zero-order chi connectivity index (χ0) is 19.5. The number of ether oxygens (including phenoxy) is 3. The summed E-state index contributed by atoms with van der Waals surface area (Å²) in [6.07, 6.45) is 11.8. The van der Waals surface area contributed by atoms with Gasteiger partial charge in [0.25, 0.3) is 0 Å². The highest BCUT2D eigenvalue weighted by Gasteiger charge is 2.48. The van der Waals surface area contributed by atoms with Crippen LogP contribution in [0.1, 0.15) is 85.5 Å². The van der Waals surface area contributed by atoms with Crippen LogP contribution in [-0.4, -0.2) is 55.6 Å². The molecular formula is C21H41NO4. The molecule has 0 aromatic carbocycles. The second kappa shape index (κ2) is 11.9. The summed E-state index contributed by atoms with van der Waals surface area (Å²) in [6.45, 7) is 9.97. The van der Waals surface area contributed by atoms with Crippen LogP contribution in [0.5, 0.6) is 0 Å². The first-order chi connectivity index (χ1) is 12.3. The standard InChI is InChI=1S/C21H41NO4/c1-6-7-8-9-10-11-12-13-14-15-24-18-25-16-21(4)17-26-19(23)20(2,3)22(21)5/h6-18H2,1-5H3. The van der Waals surface area contributed by atoms with Crippen LogP contribution in [0.3, 0.4) is 0 Å². The van der Waals surface area contributed by atoms with Crippen LogP contribution in [-0.2, 0) is 19.0 Å². The lowest BCUT2D eigenvalue weighted by atomic mass is 9.91. The second-order valence-corrected chi connectivity index (χ2v) is 8.39. The van der Waals surface area contributed by atoms with Crippen LogP contribution in [0, 0.1) is 0 Å².